The van der Waals surface area contributed by atoms with Gasteiger partial charge in [0.2, 0.25) is 0 Å². The molecular formula is C30H40Cl3F2N3O. The first kappa shape index (κ1) is 35.1. The van der Waals surface area contributed by atoms with Gasteiger partial charge < -0.3 is 14.9 Å². The molecule has 1 heterocycles. The number of rotatable bonds is 11. The highest BCUT2D eigenvalue weighted by molar-refractivity contribution is 5.86. The molecule has 1 atom stereocenters. The number of piperazine rings is 1. The van der Waals surface area contributed by atoms with Gasteiger partial charge in [0, 0.05) is 57.9 Å². The molecule has 0 saturated carbocycles. The standard InChI is InChI=1S/C30H37F2N3O.3ClH/c1-33(28-6-3-2-4-7-28)22-29(36)23-35-20-18-34(19-21-35)17-5-8-30(24-9-13-26(31)14-10-24)25-11-15-27(32)16-12-25;;;/h2-4,6-7,9-16,29-30,36H,5,8,17-23H2,1H3;3*1H. The van der Waals surface area contributed by atoms with Gasteiger partial charge in [0.1, 0.15) is 11.6 Å². The first-order valence-electron chi connectivity index (χ1n) is 12.9. The van der Waals surface area contributed by atoms with E-state index >= 15 is 0 Å². The highest BCUT2D eigenvalue weighted by atomic mass is 35.5. The predicted octanol–water partition coefficient (Wildman–Crippen LogP) is 6.26. The molecular weight excluding hydrogens is 563 g/mol. The first-order chi connectivity index (χ1) is 17.5. The number of nitrogens with zero attached hydrogens (tertiary/aromatic N) is 3. The zero-order valence-electron chi connectivity index (χ0n) is 22.3. The van der Waals surface area contributed by atoms with Crippen LogP contribution in [0.15, 0.2) is 78.9 Å². The summed E-state index contributed by atoms with van der Waals surface area (Å²) in [6.07, 6.45) is 1.53. The van der Waals surface area contributed by atoms with E-state index in [1.54, 1.807) is 0 Å². The van der Waals surface area contributed by atoms with Crippen molar-refractivity contribution in [3.05, 3.63) is 102 Å². The highest BCUT2D eigenvalue weighted by Gasteiger charge is 2.21. The third kappa shape index (κ3) is 10.9. The fourth-order valence-corrected chi connectivity index (χ4v) is 5.09. The first-order valence-corrected chi connectivity index (χ1v) is 12.9. The van der Waals surface area contributed by atoms with Crippen LogP contribution in [-0.2, 0) is 0 Å². The fourth-order valence-electron chi connectivity index (χ4n) is 5.09. The van der Waals surface area contributed by atoms with E-state index in [-0.39, 0.29) is 54.8 Å². The zero-order valence-corrected chi connectivity index (χ0v) is 24.7. The number of hydrogen-bond acceptors (Lipinski definition) is 4. The maximum absolute atomic E-state index is 13.5. The molecule has 4 rings (SSSR count). The molecule has 1 unspecified atom stereocenters. The van der Waals surface area contributed by atoms with Crippen LogP contribution in [0.3, 0.4) is 0 Å². The number of hydrogen-bond donors (Lipinski definition) is 1. The Morgan fingerprint density at radius 1 is 0.744 bits per heavy atom. The van der Waals surface area contributed by atoms with Gasteiger partial charge in [0.15, 0.2) is 0 Å². The highest BCUT2D eigenvalue weighted by Crippen LogP contribution is 2.30. The van der Waals surface area contributed by atoms with Gasteiger partial charge in [-0.2, -0.15) is 0 Å². The molecule has 216 valence electrons. The summed E-state index contributed by atoms with van der Waals surface area (Å²) in [5.74, 6) is -0.373. The number of likely N-dealkylation sites (N-methyl/N-ethyl adjacent to an activating group) is 1. The molecule has 0 aliphatic carbocycles. The molecule has 9 heteroatoms. The van der Waals surface area contributed by atoms with Crippen LogP contribution in [0.25, 0.3) is 0 Å². The number of aliphatic hydroxyl groups is 1. The van der Waals surface area contributed by atoms with E-state index < -0.39 is 6.10 Å². The second-order valence-electron chi connectivity index (χ2n) is 9.81. The van der Waals surface area contributed by atoms with Crippen LogP contribution in [0.2, 0.25) is 0 Å². The summed E-state index contributed by atoms with van der Waals surface area (Å²) in [7, 11) is 2.02. The Kier molecular flexibility index (Phi) is 15.9. The van der Waals surface area contributed by atoms with Crippen LogP contribution < -0.4 is 4.90 Å². The van der Waals surface area contributed by atoms with Crippen LogP contribution >= 0.6 is 37.2 Å². The minimum absolute atomic E-state index is 0. The average Bonchev–Trinajstić information content (AvgIpc) is 2.89. The second-order valence-corrected chi connectivity index (χ2v) is 9.81. The van der Waals surface area contributed by atoms with E-state index in [2.05, 4.69) is 26.8 Å². The van der Waals surface area contributed by atoms with Crippen LogP contribution in [0.5, 0.6) is 0 Å². The molecule has 0 amide bonds. The molecule has 1 saturated heterocycles. The molecule has 1 N–H and O–H groups in total. The summed E-state index contributed by atoms with van der Waals surface area (Å²) in [4.78, 5) is 6.92. The summed E-state index contributed by atoms with van der Waals surface area (Å²) in [6, 6.07) is 23.5. The van der Waals surface area contributed by atoms with Crippen molar-refractivity contribution >= 4 is 42.9 Å². The summed E-state index contributed by atoms with van der Waals surface area (Å²) in [5, 5.41) is 10.6. The number of anilines is 1. The second kappa shape index (κ2) is 17.7. The van der Waals surface area contributed by atoms with Crippen molar-refractivity contribution in [3.63, 3.8) is 0 Å². The van der Waals surface area contributed by atoms with Gasteiger partial charge in [0.05, 0.1) is 6.10 Å². The number of benzene rings is 3. The lowest BCUT2D eigenvalue weighted by Gasteiger charge is -2.36. The van der Waals surface area contributed by atoms with E-state index in [9.17, 15) is 13.9 Å². The Balaban J connectivity index is 0.00000253. The normalized spacial score (nSPS) is 14.6. The third-order valence-corrected chi connectivity index (χ3v) is 7.13. The Morgan fingerprint density at radius 2 is 1.23 bits per heavy atom. The van der Waals surface area contributed by atoms with E-state index in [0.29, 0.717) is 13.1 Å². The van der Waals surface area contributed by atoms with Crippen LogP contribution in [0, 0.1) is 11.6 Å². The van der Waals surface area contributed by atoms with Crippen molar-refractivity contribution in [2.75, 3.05) is 57.8 Å². The topological polar surface area (TPSA) is 30.0 Å². The third-order valence-electron chi connectivity index (χ3n) is 7.13. The van der Waals surface area contributed by atoms with E-state index in [0.717, 1.165) is 62.4 Å². The molecule has 1 fully saturated rings. The molecule has 0 radical (unpaired) electrons. The quantitative estimate of drug-likeness (QED) is 0.281. The van der Waals surface area contributed by atoms with Gasteiger partial charge in [-0.25, -0.2) is 8.78 Å². The predicted molar refractivity (Wildman–Crippen MR) is 164 cm³/mol. The number of para-hydroxylation sites is 1. The van der Waals surface area contributed by atoms with Gasteiger partial charge in [-0.3, -0.25) is 4.90 Å². The maximum Gasteiger partial charge on any atom is 0.123 e. The van der Waals surface area contributed by atoms with Crippen LogP contribution in [-0.4, -0.2) is 73.9 Å². The van der Waals surface area contributed by atoms with E-state index in [4.69, 9.17) is 0 Å². The van der Waals surface area contributed by atoms with Gasteiger partial charge >= 0.3 is 0 Å². The van der Waals surface area contributed by atoms with Crippen molar-refractivity contribution in [2.24, 2.45) is 0 Å². The molecule has 0 aromatic heterocycles. The number of aliphatic hydroxyl groups excluding tert-OH is 1. The molecule has 39 heavy (non-hydrogen) atoms. The lowest BCUT2D eigenvalue weighted by Crippen LogP contribution is -2.50. The molecule has 0 spiro atoms. The smallest absolute Gasteiger partial charge is 0.123 e. The van der Waals surface area contributed by atoms with Crippen molar-refractivity contribution in [3.8, 4) is 0 Å². The largest absolute Gasteiger partial charge is 0.390 e. The number of halogens is 5. The van der Waals surface area contributed by atoms with Gasteiger partial charge in [0.25, 0.3) is 0 Å². The zero-order chi connectivity index (χ0) is 25.3. The Labute approximate surface area is 250 Å². The SMILES string of the molecule is CN(CC(O)CN1CCN(CCCC(c2ccc(F)cc2)c2ccc(F)cc2)CC1)c1ccccc1.Cl.Cl.Cl. The summed E-state index contributed by atoms with van der Waals surface area (Å²) in [6.45, 7) is 6.15. The molecule has 3 aromatic rings. The Hall–Kier alpha value is -1.93. The molecule has 3 aromatic carbocycles. The lowest BCUT2D eigenvalue weighted by molar-refractivity contribution is 0.0753. The molecule has 1 aliphatic heterocycles. The Morgan fingerprint density at radius 3 is 1.74 bits per heavy atom. The number of β-amino-alcohol motifs (C(OH)–C–C–N with tert-alkyl or cyclic N) is 1. The summed E-state index contributed by atoms with van der Waals surface area (Å²) < 4.78 is 26.9. The van der Waals surface area contributed by atoms with E-state index in [1.165, 1.54) is 24.3 Å². The molecule has 0 bridgehead atoms. The summed E-state index contributed by atoms with van der Waals surface area (Å²) >= 11 is 0. The monoisotopic (exact) mass is 601 g/mol. The van der Waals surface area contributed by atoms with Gasteiger partial charge in [-0.15, -0.1) is 37.2 Å². The minimum atomic E-state index is -0.395. The maximum atomic E-state index is 13.5. The minimum Gasteiger partial charge on any atom is -0.390 e. The van der Waals surface area contributed by atoms with Crippen molar-refractivity contribution in [1.82, 2.24) is 9.80 Å². The van der Waals surface area contributed by atoms with Gasteiger partial charge in [-0.05, 0) is 66.9 Å². The van der Waals surface area contributed by atoms with E-state index in [1.807, 2.05) is 49.5 Å². The van der Waals surface area contributed by atoms with Crippen LogP contribution in [0.1, 0.15) is 29.9 Å². The summed E-state index contributed by atoms with van der Waals surface area (Å²) in [5.41, 5.74) is 3.23. The van der Waals surface area contributed by atoms with Gasteiger partial charge in [-0.1, -0.05) is 42.5 Å². The average molecular weight is 603 g/mol. The molecule has 4 nitrogen and oxygen atoms in total. The van der Waals surface area contributed by atoms with Crippen molar-refractivity contribution in [2.45, 2.75) is 24.9 Å². The fraction of sp³-hybridized carbons (Fsp3) is 0.400. The lowest BCUT2D eigenvalue weighted by atomic mass is 9.87. The Bertz CT molecular complexity index is 1010. The van der Waals surface area contributed by atoms with Crippen LogP contribution in [0.4, 0.5) is 14.5 Å². The molecule has 1 aliphatic rings. The van der Waals surface area contributed by atoms with Crippen molar-refractivity contribution in [1.29, 1.82) is 0 Å². The van der Waals surface area contributed by atoms with Crippen molar-refractivity contribution < 1.29 is 13.9 Å².